The van der Waals surface area contributed by atoms with Crippen LogP contribution in [0.1, 0.15) is 112 Å². The van der Waals surface area contributed by atoms with Gasteiger partial charge < -0.3 is 57.6 Å². The molecule has 0 saturated carbocycles. The summed E-state index contributed by atoms with van der Waals surface area (Å²) >= 11 is 0. The molecule has 23 atom stereocenters. The van der Waals surface area contributed by atoms with Crippen molar-refractivity contribution in [2.75, 3.05) is 13.2 Å². The third kappa shape index (κ3) is 10.2. The van der Waals surface area contributed by atoms with E-state index in [-0.39, 0.29) is 43.2 Å². The molecule has 24 nitrogen and oxygen atoms in total. The smallest absolute Gasteiger partial charge is 0.387 e. The van der Waals surface area contributed by atoms with Gasteiger partial charge in [-0.3, -0.25) is 13.7 Å². The van der Waals surface area contributed by atoms with Gasteiger partial charge in [0.1, 0.15) is 30.5 Å². The van der Waals surface area contributed by atoms with E-state index in [4.69, 9.17) is 56.1 Å². The van der Waals surface area contributed by atoms with Gasteiger partial charge in [0.15, 0.2) is 0 Å². The largest absolute Gasteiger partial charge is 0.400 e. The molecule has 0 aromatic heterocycles. The first-order valence-electron chi connectivity index (χ1n) is 24.0. The molecule has 27 heteroatoms. The Bertz CT molecular complexity index is 2280. The molecule has 0 aliphatic carbocycles. The van der Waals surface area contributed by atoms with Crippen molar-refractivity contribution in [3.8, 4) is 0 Å². The average Bonchev–Trinajstić information content (AvgIpc) is 3.35. The van der Waals surface area contributed by atoms with Crippen LogP contribution in [0, 0.1) is 5.92 Å². The van der Waals surface area contributed by atoms with Gasteiger partial charge in [-0.15, -0.1) is 0 Å². The Morgan fingerprint density at radius 1 is 0.594 bits per heavy atom. The molecule has 10 rings (SSSR count). The molecule has 396 valence electrons. The van der Waals surface area contributed by atoms with E-state index in [9.17, 15) is 44.6 Å². The predicted octanol–water partition coefficient (Wildman–Crippen LogP) is 1.05. The van der Waals surface area contributed by atoms with Crippen LogP contribution < -0.4 is 0 Å². The maximum atomic E-state index is 11.9. The van der Waals surface area contributed by atoms with Gasteiger partial charge in [0, 0.05) is 51.4 Å². The first-order chi connectivity index (χ1) is 32.0. The zero-order valence-corrected chi connectivity index (χ0v) is 41.5. The molecule has 10 saturated heterocycles. The third-order valence-corrected chi connectivity index (χ3v) is 18.5. The van der Waals surface area contributed by atoms with Gasteiger partial charge >= 0.3 is 31.2 Å². The van der Waals surface area contributed by atoms with Crippen molar-refractivity contribution in [2.45, 2.75) is 244 Å². The summed E-state index contributed by atoms with van der Waals surface area (Å²) < 4.78 is 178. The number of hydrogen-bond acceptors (Lipinski definition) is 21. The van der Waals surface area contributed by atoms with Gasteiger partial charge in [-0.05, 0) is 59.3 Å². The molecular formula is C42H66O24S3. The zero-order valence-electron chi connectivity index (χ0n) is 39.0. The van der Waals surface area contributed by atoms with Crippen LogP contribution in [0.15, 0.2) is 0 Å². The third-order valence-electron chi connectivity index (χ3n) is 17.0. The molecule has 10 aliphatic heterocycles. The quantitative estimate of drug-likeness (QED) is 0.168. The molecule has 10 aliphatic rings. The summed E-state index contributed by atoms with van der Waals surface area (Å²) in [4.78, 5) is 0. The monoisotopic (exact) mass is 1050 g/mol. The molecule has 0 radical (unpaired) electrons. The van der Waals surface area contributed by atoms with Crippen molar-refractivity contribution < 1.29 is 109 Å². The van der Waals surface area contributed by atoms with Crippen molar-refractivity contribution in [3.63, 3.8) is 0 Å². The summed E-state index contributed by atoms with van der Waals surface area (Å²) in [5, 5.41) is 22.7. The maximum absolute atomic E-state index is 11.9. The van der Waals surface area contributed by atoms with Crippen LogP contribution in [0.2, 0.25) is 0 Å². The van der Waals surface area contributed by atoms with Gasteiger partial charge in [0.25, 0.3) is 0 Å². The van der Waals surface area contributed by atoms with E-state index in [1.54, 1.807) is 6.92 Å². The Morgan fingerprint density at radius 2 is 1.13 bits per heavy atom. The summed E-state index contributed by atoms with van der Waals surface area (Å²) in [7, 11) is -14.8. The van der Waals surface area contributed by atoms with E-state index in [1.807, 2.05) is 0 Å². The summed E-state index contributed by atoms with van der Waals surface area (Å²) in [6.07, 6.45) is -6.25. The molecule has 5 N–H and O–H groups in total. The Hall–Kier alpha value is -0.870. The SMILES string of the molecule is C[C@H]1CC[C@]2(C)O[C@]3(C)CC[C@@H]4O[C@@H]5C[C@@H]6O[C@@H]7C[C@H](OS(=O)(=O)O)[C@@](C)(CCOS(=O)(=O)O)O[C@H]7C[C@H]6O[C@H]5C[C@H]4O[C@H]3C[C@H]2O[C@H]2C[C@H]3O[C@H]4CC(O)(OS(=O)(=O)O)CO[C@]4(C)[C@H](O)[C@@H]3O[C@@H]21. The summed E-state index contributed by atoms with van der Waals surface area (Å²) in [6, 6.07) is 0. The van der Waals surface area contributed by atoms with Crippen LogP contribution in [0.25, 0.3) is 0 Å². The van der Waals surface area contributed by atoms with E-state index < -0.39 is 158 Å². The van der Waals surface area contributed by atoms with Crippen LogP contribution in [0.5, 0.6) is 0 Å². The lowest BCUT2D eigenvalue weighted by Gasteiger charge is -2.59. The van der Waals surface area contributed by atoms with Gasteiger partial charge in [0.2, 0.25) is 5.79 Å². The van der Waals surface area contributed by atoms with Crippen molar-refractivity contribution in [1.29, 1.82) is 0 Å². The van der Waals surface area contributed by atoms with E-state index in [0.717, 1.165) is 6.42 Å². The zero-order chi connectivity index (χ0) is 49.5. The van der Waals surface area contributed by atoms with E-state index in [0.29, 0.717) is 51.4 Å². The normalized spacial score (nSPS) is 53.3. The van der Waals surface area contributed by atoms with Crippen LogP contribution in [-0.4, -0.2) is 194 Å². The molecule has 0 aromatic rings. The van der Waals surface area contributed by atoms with Crippen molar-refractivity contribution in [2.24, 2.45) is 5.92 Å². The highest BCUT2D eigenvalue weighted by atomic mass is 32.3. The summed E-state index contributed by atoms with van der Waals surface area (Å²) in [5.41, 5.74) is -4.29. The maximum Gasteiger partial charge on any atom is 0.400 e. The minimum Gasteiger partial charge on any atom is -0.387 e. The molecular weight excluding hydrogens is 985 g/mol. The average molecular weight is 1050 g/mol. The van der Waals surface area contributed by atoms with Gasteiger partial charge in [-0.2, -0.15) is 25.3 Å². The number of aliphatic hydroxyl groups excluding tert-OH is 1. The lowest BCUT2D eigenvalue weighted by molar-refractivity contribution is -0.374. The number of hydrogen-bond donors (Lipinski definition) is 5. The lowest BCUT2D eigenvalue weighted by atomic mass is 9.73. The summed E-state index contributed by atoms with van der Waals surface area (Å²) in [6.45, 7) is 8.16. The fraction of sp³-hybridized carbons (Fsp3) is 1.00. The number of rotatable bonds is 8. The molecule has 0 spiro atoms. The van der Waals surface area contributed by atoms with Crippen LogP contribution >= 0.6 is 0 Å². The van der Waals surface area contributed by atoms with Crippen molar-refractivity contribution >= 4 is 31.2 Å². The summed E-state index contributed by atoms with van der Waals surface area (Å²) in [5.74, 6) is -2.44. The standard InChI is InChI=1S/C42H66O24S3/c1-20-6-8-39(3)32(60-29-15-30-36(62-35(20)29)37(43)41(5)34(61-30)18-42(44,19-54-41)66-69(51,52)53)17-31-40(4,65-39)9-7-21-22(59-31)12-24-23(56-21)13-25-26(57-24)14-28-27(58-25)16-33(64-68(48,49)50)38(2,63-28)10-11-55-67(45,46)47/h20-37,43-44H,6-19H2,1-5H3,(H,45,46,47)(H,48,49,50)(H,51,52,53)/t20-,21-,22+,23+,24-,25-,26+,27+,28-,29-,30+,31-,32+,33-,34-,35+,36+,37+,38+,39-,40+,41-,42?/m0/s1. The minimum absolute atomic E-state index is 0.0159. The number of fused-ring (bicyclic) bond motifs is 9. The fourth-order valence-corrected chi connectivity index (χ4v) is 14.6. The lowest BCUT2D eigenvalue weighted by Crippen LogP contribution is -2.73. The van der Waals surface area contributed by atoms with Crippen LogP contribution in [0.4, 0.5) is 0 Å². The minimum atomic E-state index is -5.05. The Labute approximate surface area is 401 Å². The Morgan fingerprint density at radius 3 is 1.75 bits per heavy atom. The van der Waals surface area contributed by atoms with Gasteiger partial charge in [-0.25, -0.2) is 12.5 Å². The second-order valence-corrected chi connectivity index (χ2v) is 25.1. The molecule has 0 amide bonds. The Balaban J connectivity index is 0.812. The molecule has 69 heavy (non-hydrogen) atoms. The van der Waals surface area contributed by atoms with Crippen LogP contribution in [0.3, 0.4) is 0 Å². The second kappa shape index (κ2) is 17.9. The number of ether oxygens (including phenoxy) is 10. The van der Waals surface area contributed by atoms with E-state index in [1.165, 1.54) is 6.92 Å². The van der Waals surface area contributed by atoms with Crippen molar-refractivity contribution in [1.82, 2.24) is 0 Å². The van der Waals surface area contributed by atoms with Gasteiger partial charge in [0.05, 0.1) is 109 Å². The first-order valence-corrected chi connectivity index (χ1v) is 28.1. The molecule has 10 fully saturated rings. The van der Waals surface area contributed by atoms with E-state index in [2.05, 4.69) is 29.1 Å². The predicted molar refractivity (Wildman–Crippen MR) is 228 cm³/mol. The fourth-order valence-electron chi connectivity index (χ4n) is 13.3. The highest BCUT2D eigenvalue weighted by Crippen LogP contribution is 2.53. The van der Waals surface area contributed by atoms with Crippen LogP contribution in [-0.2, 0) is 91.1 Å². The molecule has 10 heterocycles. The molecule has 1 unspecified atom stereocenters. The second-order valence-electron chi connectivity index (χ2n) is 22.0. The Kier molecular flexibility index (Phi) is 13.4. The van der Waals surface area contributed by atoms with Crippen molar-refractivity contribution in [3.05, 3.63) is 0 Å². The topological polar surface area (TPSA) is 324 Å². The highest BCUT2D eigenvalue weighted by molar-refractivity contribution is 7.81. The number of aliphatic hydroxyl groups is 2. The highest BCUT2D eigenvalue weighted by Gasteiger charge is 2.65. The van der Waals surface area contributed by atoms with E-state index >= 15 is 0 Å². The molecule has 0 bridgehead atoms. The van der Waals surface area contributed by atoms with Gasteiger partial charge in [-0.1, -0.05) is 6.92 Å². The first kappa shape index (κ1) is 51.6. The molecule has 0 aromatic carbocycles.